The first-order valence-corrected chi connectivity index (χ1v) is 8.91. The van der Waals surface area contributed by atoms with E-state index in [1.54, 1.807) is 7.11 Å². The van der Waals surface area contributed by atoms with Gasteiger partial charge in [-0.15, -0.1) is 34.2 Å². The van der Waals surface area contributed by atoms with Gasteiger partial charge in [0.2, 0.25) is 0 Å². The normalized spacial score (nSPS) is 11.2. The molecule has 2 N–H and O–H groups in total. The number of rotatable bonds is 7. The van der Waals surface area contributed by atoms with Crippen molar-refractivity contribution in [3.63, 3.8) is 0 Å². The van der Waals surface area contributed by atoms with Crippen LogP contribution in [0.5, 0.6) is 0 Å². The van der Waals surface area contributed by atoms with Gasteiger partial charge in [-0.25, -0.2) is 4.99 Å². The van der Waals surface area contributed by atoms with Crippen LogP contribution >= 0.6 is 39.9 Å². The first-order valence-electron chi connectivity index (χ1n) is 8.12. The summed E-state index contributed by atoms with van der Waals surface area (Å²) in [5, 5.41) is 14.8. The molecule has 0 spiro atoms. The zero-order chi connectivity index (χ0) is 18.2. The minimum Gasteiger partial charge on any atom is -0.383 e. The van der Waals surface area contributed by atoms with Crippen molar-refractivity contribution in [1.82, 2.24) is 25.4 Å². The number of aliphatic imine (C=N–C) groups is 1. The Morgan fingerprint density at radius 2 is 2.04 bits per heavy atom. The van der Waals surface area contributed by atoms with Crippen molar-refractivity contribution in [3.8, 4) is 0 Å². The first kappa shape index (κ1) is 22.8. The Balaban J connectivity index is 0.00000338. The highest BCUT2D eigenvalue weighted by Gasteiger charge is 2.06. The van der Waals surface area contributed by atoms with E-state index in [9.17, 15) is 0 Å². The molecule has 1 aromatic carbocycles. The van der Waals surface area contributed by atoms with Crippen LogP contribution in [0.3, 0.4) is 0 Å². The molecule has 0 aliphatic heterocycles. The molecule has 0 saturated heterocycles. The highest BCUT2D eigenvalue weighted by atomic mass is 127. The molecule has 0 fully saturated rings. The zero-order valence-corrected chi connectivity index (χ0v) is 19.5. The molecular weight excluding hydrogens is 511 g/mol. The van der Waals surface area contributed by atoms with E-state index in [1.807, 2.05) is 24.6 Å². The van der Waals surface area contributed by atoms with E-state index < -0.39 is 0 Å². The lowest BCUT2D eigenvalue weighted by Gasteiger charge is -2.13. The smallest absolute Gasteiger partial charge is 0.192 e. The second-order valence-corrected chi connectivity index (χ2v) is 6.65. The molecule has 0 unspecified atom stereocenters. The van der Waals surface area contributed by atoms with Crippen LogP contribution in [0.25, 0.3) is 0 Å². The van der Waals surface area contributed by atoms with Crippen LogP contribution < -0.4 is 10.6 Å². The van der Waals surface area contributed by atoms with Crippen LogP contribution in [0.15, 0.2) is 27.7 Å². The van der Waals surface area contributed by atoms with Gasteiger partial charge in [-0.1, -0.05) is 22.0 Å². The number of halogens is 2. The predicted octanol–water partition coefficient (Wildman–Crippen LogP) is 2.69. The fourth-order valence-electron chi connectivity index (χ4n) is 2.21. The van der Waals surface area contributed by atoms with Gasteiger partial charge in [0.15, 0.2) is 11.8 Å². The molecule has 0 aliphatic carbocycles. The van der Waals surface area contributed by atoms with Crippen molar-refractivity contribution in [2.75, 3.05) is 20.3 Å². The molecule has 1 aromatic heterocycles. The molecular formula is C17H26BrIN6O. The minimum atomic E-state index is 0. The number of aryl methyl sites for hydroxylation is 2. The van der Waals surface area contributed by atoms with Crippen molar-refractivity contribution < 1.29 is 4.74 Å². The van der Waals surface area contributed by atoms with Gasteiger partial charge in [0.1, 0.15) is 5.82 Å². The van der Waals surface area contributed by atoms with Crippen LogP contribution in [0.2, 0.25) is 0 Å². The molecule has 7 nitrogen and oxygen atoms in total. The molecule has 2 aromatic rings. The lowest BCUT2D eigenvalue weighted by molar-refractivity contribution is 0.203. The topological polar surface area (TPSA) is 76.4 Å². The fraction of sp³-hybridized carbons (Fsp3) is 0.471. The maximum Gasteiger partial charge on any atom is 0.192 e. The molecule has 0 amide bonds. The first-order chi connectivity index (χ1) is 12.0. The third-order valence-electron chi connectivity index (χ3n) is 3.91. The van der Waals surface area contributed by atoms with Gasteiger partial charge < -0.3 is 19.9 Å². The SMILES string of the molecule is COCCNC(=NCc1ccc(Br)cc1C)NCc1nnc(C)n1C.I. The number of hydrogen-bond donors (Lipinski definition) is 2. The molecule has 144 valence electrons. The zero-order valence-electron chi connectivity index (χ0n) is 15.5. The summed E-state index contributed by atoms with van der Waals surface area (Å²) in [5.41, 5.74) is 2.39. The number of nitrogens with zero attached hydrogens (tertiary/aromatic N) is 4. The van der Waals surface area contributed by atoms with E-state index in [-0.39, 0.29) is 24.0 Å². The molecule has 26 heavy (non-hydrogen) atoms. The summed E-state index contributed by atoms with van der Waals surface area (Å²) >= 11 is 3.49. The van der Waals surface area contributed by atoms with Crippen LogP contribution in [-0.4, -0.2) is 41.0 Å². The predicted molar refractivity (Wildman–Crippen MR) is 118 cm³/mol. The summed E-state index contributed by atoms with van der Waals surface area (Å²) in [6, 6.07) is 6.21. The molecule has 0 aliphatic rings. The lowest BCUT2D eigenvalue weighted by Crippen LogP contribution is -2.39. The van der Waals surface area contributed by atoms with E-state index in [0.29, 0.717) is 26.2 Å². The molecule has 9 heteroatoms. The largest absolute Gasteiger partial charge is 0.383 e. The Labute approximate surface area is 180 Å². The van der Waals surface area contributed by atoms with E-state index in [0.717, 1.165) is 22.1 Å². The van der Waals surface area contributed by atoms with E-state index in [4.69, 9.17) is 4.74 Å². The minimum absolute atomic E-state index is 0. The summed E-state index contributed by atoms with van der Waals surface area (Å²) in [6.45, 7) is 6.46. The summed E-state index contributed by atoms with van der Waals surface area (Å²) in [4.78, 5) is 4.67. The average Bonchev–Trinajstić information content (AvgIpc) is 2.90. The number of methoxy groups -OCH3 is 1. The third kappa shape index (κ3) is 6.84. The molecule has 0 radical (unpaired) electrons. The van der Waals surface area contributed by atoms with Crippen molar-refractivity contribution in [1.29, 1.82) is 0 Å². The molecule has 0 saturated carbocycles. The van der Waals surface area contributed by atoms with Gasteiger partial charge in [-0.2, -0.15) is 0 Å². The van der Waals surface area contributed by atoms with Crippen molar-refractivity contribution in [3.05, 3.63) is 45.4 Å². The number of nitrogens with one attached hydrogen (secondary N) is 2. The maximum absolute atomic E-state index is 5.10. The van der Waals surface area contributed by atoms with Crippen LogP contribution in [0, 0.1) is 13.8 Å². The summed E-state index contributed by atoms with van der Waals surface area (Å²) in [7, 11) is 3.63. The Hall–Kier alpha value is -1.20. The Morgan fingerprint density at radius 3 is 2.65 bits per heavy atom. The monoisotopic (exact) mass is 536 g/mol. The lowest BCUT2D eigenvalue weighted by atomic mass is 10.1. The Morgan fingerprint density at radius 1 is 1.27 bits per heavy atom. The number of guanidine groups is 1. The molecule has 0 atom stereocenters. The molecule has 0 bridgehead atoms. The Bertz CT molecular complexity index is 734. The standard InChI is InChI=1S/C17H25BrN6O.HI/c1-12-9-15(18)6-5-14(12)10-20-17(19-7-8-25-4)21-11-16-23-22-13(2)24(16)3;/h5-6,9H,7-8,10-11H2,1-4H3,(H2,19,20,21);1H. The van der Waals surface area contributed by atoms with E-state index in [1.165, 1.54) is 11.1 Å². The quantitative estimate of drug-likeness (QED) is 0.246. The molecule has 1 heterocycles. The highest BCUT2D eigenvalue weighted by Crippen LogP contribution is 2.16. The van der Waals surface area contributed by atoms with Crippen molar-refractivity contribution >= 4 is 45.9 Å². The second kappa shape index (κ2) is 11.5. The summed E-state index contributed by atoms with van der Waals surface area (Å²) < 4.78 is 8.13. The number of ether oxygens (including phenoxy) is 1. The summed E-state index contributed by atoms with van der Waals surface area (Å²) in [5.74, 6) is 2.46. The van der Waals surface area contributed by atoms with Crippen molar-refractivity contribution in [2.45, 2.75) is 26.9 Å². The van der Waals surface area contributed by atoms with E-state index in [2.05, 4.69) is 60.8 Å². The van der Waals surface area contributed by atoms with E-state index >= 15 is 0 Å². The third-order valence-corrected chi connectivity index (χ3v) is 4.40. The second-order valence-electron chi connectivity index (χ2n) is 5.73. The summed E-state index contributed by atoms with van der Waals surface area (Å²) in [6.07, 6.45) is 0. The van der Waals surface area contributed by atoms with Gasteiger partial charge in [0, 0.05) is 25.2 Å². The number of benzene rings is 1. The van der Waals surface area contributed by atoms with Gasteiger partial charge in [0.05, 0.1) is 19.7 Å². The van der Waals surface area contributed by atoms with Crippen LogP contribution in [0.1, 0.15) is 22.8 Å². The number of aromatic nitrogens is 3. The maximum atomic E-state index is 5.10. The highest BCUT2D eigenvalue weighted by molar-refractivity contribution is 14.0. The van der Waals surface area contributed by atoms with Crippen LogP contribution in [0.4, 0.5) is 0 Å². The molecule has 2 rings (SSSR count). The number of hydrogen-bond acceptors (Lipinski definition) is 4. The Kier molecular flexibility index (Phi) is 10.1. The van der Waals surface area contributed by atoms with Crippen molar-refractivity contribution in [2.24, 2.45) is 12.0 Å². The van der Waals surface area contributed by atoms with Crippen LogP contribution in [-0.2, 0) is 24.9 Å². The van der Waals surface area contributed by atoms with Gasteiger partial charge in [-0.05, 0) is 37.1 Å². The van der Waals surface area contributed by atoms with Gasteiger partial charge in [-0.3, -0.25) is 0 Å². The average molecular weight is 537 g/mol. The fourth-order valence-corrected chi connectivity index (χ4v) is 2.69. The van der Waals surface area contributed by atoms with Gasteiger partial charge >= 0.3 is 0 Å². The van der Waals surface area contributed by atoms with Gasteiger partial charge in [0.25, 0.3) is 0 Å².